The number of nitrogens with two attached hydrogens (primary N) is 1. The van der Waals surface area contributed by atoms with E-state index in [0.29, 0.717) is 17.3 Å². The Morgan fingerprint density at radius 3 is 2.82 bits per heavy atom. The smallest absolute Gasteiger partial charge is 0.188 e. The van der Waals surface area contributed by atoms with E-state index < -0.39 is 0 Å². The van der Waals surface area contributed by atoms with E-state index in [1.807, 2.05) is 0 Å². The first-order chi connectivity index (χ1) is 8.12. The van der Waals surface area contributed by atoms with Crippen molar-refractivity contribution < 1.29 is 4.74 Å². The standard InChI is InChI=1S/C13H25N3O/c1-10(2)8-15-12(14)16-9-11-7-13(11)3-5-17-6-4-13/h10-11H,3-9H2,1-2H3,(H3,14,15,16). The minimum Gasteiger partial charge on any atom is -0.381 e. The number of nitrogens with zero attached hydrogens (tertiary/aromatic N) is 1. The maximum Gasteiger partial charge on any atom is 0.188 e. The molecule has 1 aliphatic carbocycles. The average Bonchev–Trinajstić information content (AvgIpc) is 2.97. The Hall–Kier alpha value is -0.770. The van der Waals surface area contributed by atoms with Crippen LogP contribution in [0.1, 0.15) is 33.1 Å². The molecule has 2 rings (SSSR count). The van der Waals surface area contributed by atoms with Gasteiger partial charge in [-0.05, 0) is 36.5 Å². The molecule has 2 fully saturated rings. The zero-order valence-electron chi connectivity index (χ0n) is 11.0. The lowest BCUT2D eigenvalue weighted by Crippen LogP contribution is -2.35. The summed E-state index contributed by atoms with van der Waals surface area (Å²) in [4.78, 5) is 4.32. The number of aliphatic imine (C=N–C) groups is 1. The van der Waals surface area contributed by atoms with Crippen LogP contribution < -0.4 is 11.1 Å². The van der Waals surface area contributed by atoms with Gasteiger partial charge in [-0.3, -0.25) is 4.99 Å². The molecule has 1 aliphatic heterocycles. The van der Waals surface area contributed by atoms with Gasteiger partial charge in [0.25, 0.3) is 0 Å². The normalized spacial score (nSPS) is 27.5. The molecular formula is C13H25N3O. The minimum absolute atomic E-state index is 0.568. The summed E-state index contributed by atoms with van der Waals surface area (Å²) < 4.78 is 5.42. The van der Waals surface area contributed by atoms with E-state index in [0.717, 1.165) is 32.2 Å². The van der Waals surface area contributed by atoms with Crippen molar-refractivity contribution in [2.45, 2.75) is 33.1 Å². The van der Waals surface area contributed by atoms with Crippen LogP contribution in [-0.4, -0.2) is 32.3 Å². The molecule has 0 aromatic rings. The summed E-state index contributed by atoms with van der Waals surface area (Å²) in [7, 11) is 0. The van der Waals surface area contributed by atoms with Crippen LogP contribution >= 0.6 is 0 Å². The SMILES string of the molecule is CC(C)CN=C(N)NCC1CC12CCOCC2. The summed E-state index contributed by atoms with van der Waals surface area (Å²) in [6.45, 7) is 7.96. The summed E-state index contributed by atoms with van der Waals surface area (Å²) in [5.41, 5.74) is 6.40. The second-order valence-corrected chi connectivity index (χ2v) is 5.88. The molecule has 1 unspecified atom stereocenters. The predicted octanol–water partition coefficient (Wildman–Crippen LogP) is 1.36. The number of guanidine groups is 1. The second kappa shape index (κ2) is 5.25. The predicted molar refractivity (Wildman–Crippen MR) is 69.9 cm³/mol. The van der Waals surface area contributed by atoms with Crippen molar-refractivity contribution in [3.8, 4) is 0 Å². The molecule has 4 heteroatoms. The van der Waals surface area contributed by atoms with Gasteiger partial charge in [0.2, 0.25) is 0 Å². The van der Waals surface area contributed by atoms with Gasteiger partial charge in [-0.15, -0.1) is 0 Å². The molecule has 0 radical (unpaired) electrons. The molecule has 0 aromatic carbocycles. The van der Waals surface area contributed by atoms with Crippen LogP contribution in [0.3, 0.4) is 0 Å². The Morgan fingerprint density at radius 2 is 2.18 bits per heavy atom. The number of ether oxygens (including phenoxy) is 1. The summed E-state index contributed by atoms with van der Waals surface area (Å²) in [5, 5.41) is 3.26. The molecule has 0 aromatic heterocycles. The van der Waals surface area contributed by atoms with Crippen LogP contribution in [0.25, 0.3) is 0 Å². The average molecular weight is 239 g/mol. The first-order valence-corrected chi connectivity index (χ1v) is 6.74. The molecule has 98 valence electrons. The van der Waals surface area contributed by atoms with Crippen molar-refractivity contribution in [1.29, 1.82) is 0 Å². The Morgan fingerprint density at radius 1 is 1.47 bits per heavy atom. The molecule has 1 saturated heterocycles. The summed E-state index contributed by atoms with van der Waals surface area (Å²) in [6.07, 6.45) is 3.78. The molecule has 17 heavy (non-hydrogen) atoms. The second-order valence-electron chi connectivity index (χ2n) is 5.88. The fraction of sp³-hybridized carbons (Fsp3) is 0.923. The topological polar surface area (TPSA) is 59.6 Å². The summed E-state index contributed by atoms with van der Waals surface area (Å²) in [6, 6.07) is 0. The number of hydrogen-bond donors (Lipinski definition) is 2. The third-order valence-corrected chi connectivity index (χ3v) is 4.00. The monoisotopic (exact) mass is 239 g/mol. The van der Waals surface area contributed by atoms with Crippen LogP contribution in [0.15, 0.2) is 4.99 Å². The highest BCUT2D eigenvalue weighted by atomic mass is 16.5. The number of hydrogen-bond acceptors (Lipinski definition) is 2. The van der Waals surface area contributed by atoms with Crippen LogP contribution in [-0.2, 0) is 4.74 Å². The van der Waals surface area contributed by atoms with Crippen LogP contribution in [0, 0.1) is 17.3 Å². The van der Waals surface area contributed by atoms with Crippen molar-refractivity contribution in [3.63, 3.8) is 0 Å². The van der Waals surface area contributed by atoms with E-state index >= 15 is 0 Å². The van der Waals surface area contributed by atoms with Crippen molar-refractivity contribution in [1.82, 2.24) is 5.32 Å². The van der Waals surface area contributed by atoms with Crippen LogP contribution in [0.2, 0.25) is 0 Å². The van der Waals surface area contributed by atoms with Gasteiger partial charge >= 0.3 is 0 Å². The van der Waals surface area contributed by atoms with Crippen molar-refractivity contribution in [3.05, 3.63) is 0 Å². The fourth-order valence-corrected chi connectivity index (χ4v) is 2.68. The zero-order chi connectivity index (χ0) is 12.3. The Bertz CT molecular complexity index is 282. The third kappa shape index (κ3) is 3.35. The third-order valence-electron chi connectivity index (χ3n) is 4.00. The lowest BCUT2D eigenvalue weighted by Gasteiger charge is -2.23. The first kappa shape index (κ1) is 12.7. The largest absolute Gasteiger partial charge is 0.381 e. The fourth-order valence-electron chi connectivity index (χ4n) is 2.68. The van der Waals surface area contributed by atoms with Crippen molar-refractivity contribution in [2.75, 3.05) is 26.3 Å². The van der Waals surface area contributed by atoms with E-state index in [-0.39, 0.29) is 0 Å². The molecule has 1 saturated carbocycles. The number of rotatable bonds is 4. The maximum absolute atomic E-state index is 5.83. The minimum atomic E-state index is 0.568. The highest BCUT2D eigenvalue weighted by Crippen LogP contribution is 2.58. The van der Waals surface area contributed by atoms with Gasteiger partial charge in [0.05, 0.1) is 0 Å². The van der Waals surface area contributed by atoms with Crippen LogP contribution in [0.5, 0.6) is 0 Å². The Kier molecular flexibility index (Phi) is 3.92. The molecule has 1 heterocycles. The van der Waals surface area contributed by atoms with E-state index in [2.05, 4.69) is 24.2 Å². The molecule has 0 amide bonds. The van der Waals surface area contributed by atoms with Gasteiger partial charge in [0.1, 0.15) is 0 Å². The molecule has 0 bridgehead atoms. The summed E-state index contributed by atoms with van der Waals surface area (Å²) in [5.74, 6) is 1.95. The lowest BCUT2D eigenvalue weighted by molar-refractivity contribution is 0.0522. The van der Waals surface area contributed by atoms with E-state index in [9.17, 15) is 0 Å². The maximum atomic E-state index is 5.83. The highest BCUT2D eigenvalue weighted by molar-refractivity contribution is 5.77. The van der Waals surface area contributed by atoms with Gasteiger partial charge in [-0.1, -0.05) is 13.8 Å². The van der Waals surface area contributed by atoms with Gasteiger partial charge in [0, 0.05) is 26.3 Å². The quantitative estimate of drug-likeness (QED) is 0.575. The Balaban J connectivity index is 1.68. The van der Waals surface area contributed by atoms with Crippen LogP contribution in [0.4, 0.5) is 0 Å². The molecule has 4 nitrogen and oxygen atoms in total. The van der Waals surface area contributed by atoms with Gasteiger partial charge in [0.15, 0.2) is 5.96 Å². The van der Waals surface area contributed by atoms with Crippen molar-refractivity contribution in [2.24, 2.45) is 28.0 Å². The molecule has 1 spiro atoms. The van der Waals surface area contributed by atoms with E-state index in [1.54, 1.807) is 0 Å². The van der Waals surface area contributed by atoms with E-state index in [1.165, 1.54) is 19.3 Å². The van der Waals surface area contributed by atoms with Gasteiger partial charge < -0.3 is 15.8 Å². The molecule has 2 aliphatic rings. The molecule has 1 atom stereocenters. The first-order valence-electron chi connectivity index (χ1n) is 6.74. The summed E-state index contributed by atoms with van der Waals surface area (Å²) >= 11 is 0. The molecule has 3 N–H and O–H groups in total. The van der Waals surface area contributed by atoms with Gasteiger partial charge in [-0.25, -0.2) is 0 Å². The lowest BCUT2D eigenvalue weighted by atomic mass is 9.94. The van der Waals surface area contributed by atoms with E-state index in [4.69, 9.17) is 10.5 Å². The van der Waals surface area contributed by atoms with Crippen molar-refractivity contribution >= 4 is 5.96 Å². The number of nitrogens with one attached hydrogen (secondary N) is 1. The Labute approximate surface area is 104 Å². The van der Waals surface area contributed by atoms with Gasteiger partial charge in [-0.2, -0.15) is 0 Å². The highest BCUT2D eigenvalue weighted by Gasteiger charge is 2.53. The molecular weight excluding hydrogens is 214 g/mol. The zero-order valence-corrected chi connectivity index (χ0v) is 11.0.